The van der Waals surface area contributed by atoms with Gasteiger partial charge in [-0.15, -0.1) is 0 Å². The lowest BCUT2D eigenvalue weighted by Crippen LogP contribution is -2.16. The molecule has 0 aromatic heterocycles. The van der Waals surface area contributed by atoms with Crippen molar-refractivity contribution in [2.24, 2.45) is 10.8 Å². The van der Waals surface area contributed by atoms with Crippen molar-refractivity contribution in [3.8, 4) is 0 Å². The second kappa shape index (κ2) is 9.11. The molecule has 1 unspecified atom stereocenters. The van der Waals surface area contributed by atoms with Gasteiger partial charge in [-0.2, -0.15) is 0 Å². The van der Waals surface area contributed by atoms with Gasteiger partial charge in [-0.05, 0) is 42.9 Å². The third kappa shape index (κ3) is 7.70. The molecule has 0 radical (unpaired) electrons. The summed E-state index contributed by atoms with van der Waals surface area (Å²) in [5.74, 6) is 0. The highest BCUT2D eigenvalue weighted by molar-refractivity contribution is 4.76. The molecule has 1 aliphatic carbocycles. The molecule has 0 aromatic rings. The van der Waals surface area contributed by atoms with Crippen molar-refractivity contribution < 1.29 is 0 Å². The monoisotopic (exact) mass is 280 g/mol. The van der Waals surface area contributed by atoms with Crippen molar-refractivity contribution in [3.05, 3.63) is 0 Å². The Bertz CT molecular complexity index is 240. The molecule has 1 saturated carbocycles. The topological polar surface area (TPSA) is 0 Å². The van der Waals surface area contributed by atoms with Crippen molar-refractivity contribution in [1.29, 1.82) is 0 Å². The van der Waals surface area contributed by atoms with Crippen LogP contribution in [-0.4, -0.2) is 0 Å². The van der Waals surface area contributed by atoms with Crippen LogP contribution in [-0.2, 0) is 0 Å². The Kier molecular flexibility index (Phi) is 8.22. The minimum Gasteiger partial charge on any atom is -0.0654 e. The highest BCUT2D eigenvalue weighted by Crippen LogP contribution is 2.38. The fourth-order valence-electron chi connectivity index (χ4n) is 3.94. The van der Waals surface area contributed by atoms with Crippen LogP contribution >= 0.6 is 0 Å². The lowest BCUT2D eigenvalue weighted by molar-refractivity contribution is 0.224. The van der Waals surface area contributed by atoms with Gasteiger partial charge >= 0.3 is 0 Å². The van der Waals surface area contributed by atoms with E-state index in [1.54, 1.807) is 0 Å². The molecule has 0 heteroatoms. The van der Waals surface area contributed by atoms with Gasteiger partial charge in [0.05, 0.1) is 0 Å². The van der Waals surface area contributed by atoms with Gasteiger partial charge < -0.3 is 0 Å². The normalized spacial score (nSPS) is 30.0. The summed E-state index contributed by atoms with van der Waals surface area (Å²) < 4.78 is 0. The maximum atomic E-state index is 2.58. The predicted octanol–water partition coefficient (Wildman–Crippen LogP) is 7.51. The Morgan fingerprint density at radius 1 is 0.650 bits per heavy atom. The fourth-order valence-corrected chi connectivity index (χ4v) is 3.94. The molecule has 120 valence electrons. The van der Waals surface area contributed by atoms with E-state index in [1.165, 1.54) is 89.9 Å². The Labute approximate surface area is 129 Å². The molecule has 1 atom stereocenters. The summed E-state index contributed by atoms with van der Waals surface area (Å²) in [4.78, 5) is 0. The zero-order chi connectivity index (χ0) is 14.9. The maximum absolute atomic E-state index is 2.58. The van der Waals surface area contributed by atoms with E-state index in [4.69, 9.17) is 0 Å². The van der Waals surface area contributed by atoms with E-state index in [9.17, 15) is 0 Å². The van der Waals surface area contributed by atoms with E-state index in [1.807, 2.05) is 0 Å². The molecule has 1 aliphatic rings. The van der Waals surface area contributed by atoms with E-state index in [2.05, 4.69) is 27.7 Å². The van der Waals surface area contributed by atoms with Crippen LogP contribution in [0.1, 0.15) is 118 Å². The Morgan fingerprint density at radius 2 is 1.10 bits per heavy atom. The van der Waals surface area contributed by atoms with Crippen LogP contribution in [0.4, 0.5) is 0 Å². The van der Waals surface area contributed by atoms with Gasteiger partial charge in [0.15, 0.2) is 0 Å². The molecule has 0 aliphatic heterocycles. The summed E-state index contributed by atoms with van der Waals surface area (Å²) in [7, 11) is 0. The molecule has 0 spiro atoms. The van der Waals surface area contributed by atoms with E-state index < -0.39 is 0 Å². The lowest BCUT2D eigenvalue weighted by atomic mass is 9.76. The molecule has 0 amide bonds. The molecule has 0 aromatic carbocycles. The van der Waals surface area contributed by atoms with Gasteiger partial charge in [0, 0.05) is 0 Å². The van der Waals surface area contributed by atoms with Crippen molar-refractivity contribution in [2.45, 2.75) is 118 Å². The van der Waals surface area contributed by atoms with Crippen LogP contribution < -0.4 is 0 Å². The summed E-state index contributed by atoms with van der Waals surface area (Å²) in [6, 6.07) is 0. The standard InChI is InChI=1S/C20H40/c1-5-6-16-20(4)17-12-8-7-10-14-19(2,3)15-11-9-13-18-20/h5-18H2,1-4H3. The highest BCUT2D eigenvalue weighted by Gasteiger charge is 2.23. The number of unbranched alkanes of at least 4 members (excludes halogenated alkanes) is 1. The van der Waals surface area contributed by atoms with E-state index >= 15 is 0 Å². The van der Waals surface area contributed by atoms with Gasteiger partial charge in [0.1, 0.15) is 0 Å². The van der Waals surface area contributed by atoms with Crippen molar-refractivity contribution in [3.63, 3.8) is 0 Å². The molecule has 0 bridgehead atoms. The lowest BCUT2D eigenvalue weighted by Gasteiger charge is -2.30. The molecular weight excluding hydrogens is 240 g/mol. The third-order valence-electron chi connectivity index (χ3n) is 5.65. The number of rotatable bonds is 3. The second-order valence-electron chi connectivity index (χ2n) is 8.55. The quantitative estimate of drug-likeness (QED) is 0.501. The minimum atomic E-state index is 0.597. The average Bonchev–Trinajstić information content (AvgIpc) is 2.40. The minimum absolute atomic E-state index is 0.597. The Hall–Kier alpha value is 0. The number of hydrogen-bond donors (Lipinski definition) is 0. The van der Waals surface area contributed by atoms with Gasteiger partial charge in [0.25, 0.3) is 0 Å². The van der Waals surface area contributed by atoms with Crippen LogP contribution in [0.3, 0.4) is 0 Å². The zero-order valence-electron chi connectivity index (χ0n) is 14.9. The van der Waals surface area contributed by atoms with Crippen LogP contribution in [0.2, 0.25) is 0 Å². The summed E-state index contributed by atoms with van der Waals surface area (Å²) >= 11 is 0. The molecule has 1 rings (SSSR count). The predicted molar refractivity (Wildman–Crippen MR) is 92.2 cm³/mol. The SMILES string of the molecule is CCCCC1(C)CCCCCCC(C)(C)CCCCC1. The smallest absolute Gasteiger partial charge is 0.0326 e. The van der Waals surface area contributed by atoms with Crippen LogP contribution in [0.25, 0.3) is 0 Å². The molecule has 20 heavy (non-hydrogen) atoms. The highest BCUT2D eigenvalue weighted by atomic mass is 14.3. The first-order valence-electron chi connectivity index (χ1n) is 9.47. The maximum Gasteiger partial charge on any atom is -0.0326 e. The van der Waals surface area contributed by atoms with Gasteiger partial charge in [-0.3, -0.25) is 0 Å². The largest absolute Gasteiger partial charge is 0.0654 e. The van der Waals surface area contributed by atoms with Gasteiger partial charge in [-0.25, -0.2) is 0 Å². The van der Waals surface area contributed by atoms with Gasteiger partial charge in [0.2, 0.25) is 0 Å². The van der Waals surface area contributed by atoms with Crippen LogP contribution in [0.15, 0.2) is 0 Å². The summed E-state index contributed by atoms with van der Waals surface area (Å²) in [6.45, 7) is 9.88. The molecule has 0 saturated heterocycles. The van der Waals surface area contributed by atoms with Crippen molar-refractivity contribution in [2.75, 3.05) is 0 Å². The number of hydrogen-bond acceptors (Lipinski definition) is 0. The Balaban J connectivity index is 2.47. The summed E-state index contributed by atoms with van der Waals surface area (Å²) in [5.41, 5.74) is 1.25. The van der Waals surface area contributed by atoms with Crippen LogP contribution in [0, 0.1) is 10.8 Å². The first-order chi connectivity index (χ1) is 9.47. The van der Waals surface area contributed by atoms with Gasteiger partial charge in [-0.1, -0.05) is 85.5 Å². The first-order valence-corrected chi connectivity index (χ1v) is 9.47. The molecule has 1 fully saturated rings. The van der Waals surface area contributed by atoms with E-state index in [0.29, 0.717) is 10.8 Å². The third-order valence-corrected chi connectivity index (χ3v) is 5.65. The second-order valence-corrected chi connectivity index (χ2v) is 8.55. The average molecular weight is 281 g/mol. The molecule has 0 N–H and O–H groups in total. The van der Waals surface area contributed by atoms with E-state index in [-0.39, 0.29) is 0 Å². The summed E-state index contributed by atoms with van der Waals surface area (Å²) in [6.07, 6.45) is 20.4. The van der Waals surface area contributed by atoms with E-state index in [0.717, 1.165) is 0 Å². The Morgan fingerprint density at radius 3 is 1.60 bits per heavy atom. The molecule has 0 nitrogen and oxygen atoms in total. The fraction of sp³-hybridized carbons (Fsp3) is 1.00. The van der Waals surface area contributed by atoms with Crippen molar-refractivity contribution >= 4 is 0 Å². The summed E-state index contributed by atoms with van der Waals surface area (Å²) in [5, 5.41) is 0. The molecular formula is C20H40. The van der Waals surface area contributed by atoms with Crippen molar-refractivity contribution in [1.82, 2.24) is 0 Å². The van der Waals surface area contributed by atoms with Crippen LogP contribution in [0.5, 0.6) is 0 Å². The zero-order valence-corrected chi connectivity index (χ0v) is 14.9. The molecule has 0 heterocycles. The first kappa shape index (κ1) is 18.1.